The minimum absolute atomic E-state index is 0.286. The Morgan fingerprint density at radius 3 is 1.86 bits per heavy atom. The first kappa shape index (κ1) is 28.5. The van der Waals surface area contributed by atoms with Crippen molar-refractivity contribution in [2.24, 2.45) is 46.8 Å². The van der Waals surface area contributed by atoms with Gasteiger partial charge in [0.2, 0.25) is 0 Å². The van der Waals surface area contributed by atoms with Gasteiger partial charge in [0, 0.05) is 11.4 Å². The Morgan fingerprint density at radius 2 is 1.32 bits per heavy atom. The molecule has 2 unspecified atom stereocenters. The lowest BCUT2D eigenvalue weighted by Gasteiger charge is -2.42. The van der Waals surface area contributed by atoms with Crippen LogP contribution >= 0.6 is 0 Å². The van der Waals surface area contributed by atoms with Gasteiger partial charge in [0.15, 0.2) is 0 Å². The predicted molar refractivity (Wildman–Crippen MR) is 159 cm³/mol. The highest BCUT2D eigenvalue weighted by atomic mass is 16.3. The van der Waals surface area contributed by atoms with Gasteiger partial charge in [-0.05, 0) is 148 Å². The molecule has 0 amide bonds. The molecule has 0 heterocycles. The molecule has 208 valence electrons. The summed E-state index contributed by atoms with van der Waals surface area (Å²) in [5.41, 5.74) is 14.3. The zero-order valence-corrected chi connectivity index (χ0v) is 24.3. The highest BCUT2D eigenvalue weighted by Crippen LogP contribution is 2.47. The summed E-state index contributed by atoms with van der Waals surface area (Å²) >= 11 is 0. The van der Waals surface area contributed by atoms with Crippen LogP contribution in [0.3, 0.4) is 0 Å². The molecule has 3 aliphatic carbocycles. The van der Waals surface area contributed by atoms with Crippen molar-refractivity contribution in [3.05, 3.63) is 35.9 Å². The Hall–Kier alpha value is -1.48. The molecule has 3 aliphatic rings. The van der Waals surface area contributed by atoms with Crippen LogP contribution in [0.4, 0.5) is 11.4 Å². The maximum Gasteiger partial charge on any atom is 0.0819 e. The molecule has 0 aliphatic heterocycles. The number of rotatable bonds is 8. The van der Waals surface area contributed by atoms with Gasteiger partial charge in [-0.3, -0.25) is 0 Å². The first-order valence-electron chi connectivity index (χ1n) is 15.7. The van der Waals surface area contributed by atoms with E-state index in [1.165, 1.54) is 57.8 Å². The Kier molecular flexibility index (Phi) is 9.70. The molecule has 1 aromatic rings. The summed E-state index contributed by atoms with van der Waals surface area (Å²) in [4.78, 5) is 0. The fourth-order valence-electron chi connectivity index (χ4n) is 8.17. The molecule has 3 fully saturated rings. The summed E-state index contributed by atoms with van der Waals surface area (Å²) in [5.74, 6) is 5.69. The van der Waals surface area contributed by atoms with E-state index in [1.54, 1.807) is 6.07 Å². The van der Waals surface area contributed by atoms with Gasteiger partial charge in [0.1, 0.15) is 0 Å². The van der Waals surface area contributed by atoms with Crippen LogP contribution < -0.4 is 11.5 Å². The molecule has 3 saturated carbocycles. The number of aliphatic hydroxyl groups excluding tert-OH is 1. The Morgan fingerprint density at radius 1 is 0.811 bits per heavy atom. The summed E-state index contributed by atoms with van der Waals surface area (Å²) in [6.07, 6.45) is 22.1. The van der Waals surface area contributed by atoms with Crippen molar-refractivity contribution in [1.29, 1.82) is 0 Å². The summed E-state index contributed by atoms with van der Waals surface area (Å²) in [5, 5.41) is 10.9. The highest BCUT2D eigenvalue weighted by Gasteiger charge is 2.36. The van der Waals surface area contributed by atoms with Gasteiger partial charge in [0.05, 0.1) is 6.10 Å². The van der Waals surface area contributed by atoms with Gasteiger partial charge >= 0.3 is 0 Å². The van der Waals surface area contributed by atoms with Crippen LogP contribution in [0.25, 0.3) is 0 Å². The van der Waals surface area contributed by atoms with Crippen molar-refractivity contribution >= 4 is 11.4 Å². The van der Waals surface area contributed by atoms with E-state index in [-0.39, 0.29) is 5.41 Å². The first-order chi connectivity index (χ1) is 17.7. The lowest BCUT2D eigenvalue weighted by atomic mass is 9.63. The summed E-state index contributed by atoms with van der Waals surface area (Å²) in [6.45, 7) is 9.79. The van der Waals surface area contributed by atoms with Gasteiger partial charge in [0.25, 0.3) is 0 Å². The minimum atomic E-state index is -0.465. The van der Waals surface area contributed by atoms with Crippen molar-refractivity contribution in [1.82, 2.24) is 0 Å². The van der Waals surface area contributed by atoms with Crippen LogP contribution in [0.2, 0.25) is 0 Å². The van der Waals surface area contributed by atoms with Crippen LogP contribution in [-0.4, -0.2) is 5.11 Å². The smallest absolute Gasteiger partial charge is 0.0819 e. The van der Waals surface area contributed by atoms with Gasteiger partial charge in [-0.15, -0.1) is 0 Å². The molecule has 0 bridgehead atoms. The molecule has 3 nitrogen and oxygen atoms in total. The average molecular weight is 509 g/mol. The maximum absolute atomic E-state index is 10.9. The lowest BCUT2D eigenvalue weighted by molar-refractivity contribution is 0.0780. The Labute approximate surface area is 227 Å². The van der Waals surface area contributed by atoms with Crippen LogP contribution in [0.5, 0.6) is 0 Å². The quantitative estimate of drug-likeness (QED) is 0.242. The van der Waals surface area contributed by atoms with E-state index in [9.17, 15) is 5.11 Å². The van der Waals surface area contributed by atoms with E-state index in [2.05, 4.69) is 39.8 Å². The molecule has 2 atom stereocenters. The molecule has 0 aromatic heterocycles. The van der Waals surface area contributed by atoms with Crippen molar-refractivity contribution in [3.8, 4) is 0 Å². The number of benzene rings is 1. The normalized spacial score (nSPS) is 33.3. The van der Waals surface area contributed by atoms with Gasteiger partial charge in [-0.25, -0.2) is 0 Å². The number of hydrogen-bond donors (Lipinski definition) is 3. The number of aliphatic hydroxyl groups is 1. The van der Waals surface area contributed by atoms with E-state index in [1.807, 2.05) is 12.1 Å². The third-order valence-corrected chi connectivity index (χ3v) is 11.2. The standard InChI is InChI=1S/C34H56N2O/c1-5-23(2)25-10-12-26(13-11-25)27-14-16-30(17-15-27)34(3,4)19-18-24-6-8-28(9-7-24)33(37)29-20-31(35)22-32(36)21-29/h18-28,30,33,37H,5-17,35-36H2,1-4H3/b19-18+. The molecular formula is C34H56N2O. The topological polar surface area (TPSA) is 72.3 Å². The van der Waals surface area contributed by atoms with E-state index in [4.69, 9.17) is 11.5 Å². The lowest BCUT2D eigenvalue weighted by Crippen LogP contribution is -2.31. The van der Waals surface area contributed by atoms with E-state index in [0.717, 1.165) is 60.8 Å². The Balaban J connectivity index is 1.21. The van der Waals surface area contributed by atoms with Crippen LogP contribution in [-0.2, 0) is 0 Å². The van der Waals surface area contributed by atoms with Crippen molar-refractivity contribution < 1.29 is 5.11 Å². The van der Waals surface area contributed by atoms with Crippen molar-refractivity contribution in [3.63, 3.8) is 0 Å². The molecule has 0 spiro atoms. The summed E-state index contributed by atoms with van der Waals surface area (Å²) in [6, 6.07) is 5.51. The van der Waals surface area contributed by atoms with E-state index < -0.39 is 6.10 Å². The third-order valence-electron chi connectivity index (χ3n) is 11.2. The maximum atomic E-state index is 10.9. The van der Waals surface area contributed by atoms with E-state index in [0.29, 0.717) is 23.2 Å². The zero-order valence-electron chi connectivity index (χ0n) is 24.3. The van der Waals surface area contributed by atoms with Crippen LogP contribution in [0, 0.1) is 46.8 Å². The van der Waals surface area contributed by atoms with Crippen molar-refractivity contribution in [2.75, 3.05) is 11.5 Å². The number of hydrogen-bond acceptors (Lipinski definition) is 3. The molecule has 5 N–H and O–H groups in total. The molecule has 0 saturated heterocycles. The first-order valence-corrected chi connectivity index (χ1v) is 15.7. The second-order valence-electron chi connectivity index (χ2n) is 13.9. The van der Waals surface area contributed by atoms with Gasteiger partial charge in [-0.2, -0.15) is 0 Å². The fraction of sp³-hybridized carbons (Fsp3) is 0.765. The summed E-state index contributed by atoms with van der Waals surface area (Å²) in [7, 11) is 0. The zero-order chi connectivity index (χ0) is 26.6. The van der Waals surface area contributed by atoms with Crippen molar-refractivity contribution in [2.45, 2.75) is 117 Å². The Bertz CT molecular complexity index is 848. The molecule has 4 rings (SSSR count). The number of nitrogen functional groups attached to an aromatic ring is 2. The molecular weight excluding hydrogens is 452 g/mol. The summed E-state index contributed by atoms with van der Waals surface area (Å²) < 4.78 is 0. The average Bonchev–Trinajstić information content (AvgIpc) is 2.91. The van der Waals surface area contributed by atoms with Gasteiger partial charge in [-0.1, -0.05) is 46.3 Å². The molecule has 0 radical (unpaired) electrons. The number of allylic oxidation sites excluding steroid dienone is 2. The highest BCUT2D eigenvalue weighted by molar-refractivity contribution is 5.54. The monoisotopic (exact) mass is 508 g/mol. The second-order valence-corrected chi connectivity index (χ2v) is 13.9. The van der Waals surface area contributed by atoms with Crippen LogP contribution in [0.1, 0.15) is 123 Å². The molecule has 37 heavy (non-hydrogen) atoms. The minimum Gasteiger partial charge on any atom is -0.399 e. The molecule has 1 aromatic carbocycles. The largest absolute Gasteiger partial charge is 0.399 e. The van der Waals surface area contributed by atoms with E-state index >= 15 is 0 Å². The predicted octanol–water partition coefficient (Wildman–Crippen LogP) is 8.93. The molecule has 3 heteroatoms. The third kappa shape index (κ3) is 7.34. The second kappa shape index (κ2) is 12.6. The number of anilines is 2. The SMILES string of the molecule is CCC(C)C1CCC(C2CCC(C(C)(C)/C=C/C3CCC(C(O)c4cc(N)cc(N)c4)CC3)CC2)CC1. The fourth-order valence-corrected chi connectivity index (χ4v) is 8.17. The number of nitrogens with two attached hydrogens (primary N) is 2. The van der Waals surface area contributed by atoms with Crippen LogP contribution in [0.15, 0.2) is 30.4 Å². The van der Waals surface area contributed by atoms with Gasteiger partial charge < -0.3 is 16.6 Å².